The lowest BCUT2D eigenvalue weighted by molar-refractivity contribution is 0.100. The predicted octanol–water partition coefficient (Wildman–Crippen LogP) is 2.36. The summed E-state index contributed by atoms with van der Waals surface area (Å²) in [5.41, 5.74) is 13.8. The molecule has 30 heavy (non-hydrogen) atoms. The predicted molar refractivity (Wildman–Crippen MR) is 115 cm³/mol. The van der Waals surface area contributed by atoms with Crippen molar-refractivity contribution in [3.05, 3.63) is 41.6 Å². The molecular weight excluding hydrogens is 380 g/mol. The van der Waals surface area contributed by atoms with E-state index >= 15 is 0 Å². The zero-order valence-corrected chi connectivity index (χ0v) is 16.7. The summed E-state index contributed by atoms with van der Waals surface area (Å²) >= 11 is 0. The highest BCUT2D eigenvalue weighted by Gasteiger charge is 2.24. The highest BCUT2D eigenvalue weighted by Crippen LogP contribution is 2.30. The van der Waals surface area contributed by atoms with Crippen LogP contribution in [0.5, 0.6) is 0 Å². The van der Waals surface area contributed by atoms with Crippen LogP contribution in [-0.4, -0.2) is 32.8 Å². The Balaban J connectivity index is 1.75. The number of nitrogens with zero attached hydrogens (tertiary/aromatic N) is 4. The van der Waals surface area contributed by atoms with Gasteiger partial charge in [0.1, 0.15) is 17.7 Å². The number of hydrogen-bond acceptors (Lipinski definition) is 7. The molecule has 9 nitrogen and oxygen atoms in total. The van der Waals surface area contributed by atoms with Crippen LogP contribution in [-0.2, 0) is 7.05 Å². The molecule has 0 aliphatic heterocycles. The fraction of sp³-hybridized carbons (Fsp3) is 0.333. The van der Waals surface area contributed by atoms with Crippen LogP contribution >= 0.6 is 0 Å². The van der Waals surface area contributed by atoms with Gasteiger partial charge >= 0.3 is 0 Å². The average molecular weight is 404 g/mol. The second kappa shape index (κ2) is 8.00. The van der Waals surface area contributed by atoms with Crippen molar-refractivity contribution < 1.29 is 4.79 Å². The number of carbonyl (C=O) groups is 1. The van der Waals surface area contributed by atoms with Gasteiger partial charge in [0.25, 0.3) is 5.91 Å². The number of benzene rings is 1. The lowest BCUT2D eigenvalue weighted by atomic mass is 9.91. The summed E-state index contributed by atoms with van der Waals surface area (Å²) in [6.07, 6.45) is 5.88. The average Bonchev–Trinajstić information content (AvgIpc) is 3.11. The maximum atomic E-state index is 12.1. The molecule has 1 fully saturated rings. The highest BCUT2D eigenvalue weighted by molar-refractivity contribution is 6.01. The van der Waals surface area contributed by atoms with E-state index in [0.717, 1.165) is 42.3 Å². The van der Waals surface area contributed by atoms with E-state index in [0.29, 0.717) is 5.82 Å². The quantitative estimate of drug-likeness (QED) is 0.510. The van der Waals surface area contributed by atoms with Crippen LogP contribution in [0.25, 0.3) is 10.9 Å². The SMILES string of the molecule is Cn1cc2c(Nc3nc(NC4CCCCC4N)c(C#N)cc3C(N)=O)cccc2n1. The summed E-state index contributed by atoms with van der Waals surface area (Å²) in [6.45, 7) is 0. The van der Waals surface area contributed by atoms with Gasteiger partial charge in [0, 0.05) is 30.7 Å². The summed E-state index contributed by atoms with van der Waals surface area (Å²) in [4.78, 5) is 16.7. The number of nitriles is 1. The number of aryl methyl sites for hydroxylation is 1. The molecule has 1 aliphatic carbocycles. The number of pyridine rings is 1. The van der Waals surface area contributed by atoms with Crippen LogP contribution in [0.3, 0.4) is 0 Å². The summed E-state index contributed by atoms with van der Waals surface area (Å²) in [5, 5.41) is 21.4. The maximum Gasteiger partial charge on any atom is 0.252 e. The van der Waals surface area contributed by atoms with Gasteiger partial charge in [-0.05, 0) is 31.0 Å². The smallest absolute Gasteiger partial charge is 0.252 e. The number of amides is 1. The molecule has 6 N–H and O–H groups in total. The Labute approximate surface area is 174 Å². The van der Waals surface area contributed by atoms with Gasteiger partial charge in [-0.3, -0.25) is 9.48 Å². The Morgan fingerprint density at radius 3 is 2.83 bits per heavy atom. The molecule has 2 unspecified atom stereocenters. The molecular formula is C21H24N8O. The van der Waals surface area contributed by atoms with Crippen LogP contribution < -0.4 is 22.1 Å². The Morgan fingerprint density at radius 1 is 1.30 bits per heavy atom. The number of hydrogen-bond donors (Lipinski definition) is 4. The molecule has 2 aromatic heterocycles. The Morgan fingerprint density at radius 2 is 2.10 bits per heavy atom. The minimum Gasteiger partial charge on any atom is -0.365 e. The van der Waals surface area contributed by atoms with Gasteiger partial charge in [-0.15, -0.1) is 0 Å². The molecule has 9 heteroatoms. The minimum absolute atomic E-state index is 0.0107. The van der Waals surface area contributed by atoms with Crippen molar-refractivity contribution in [1.29, 1.82) is 5.26 Å². The molecule has 1 amide bonds. The van der Waals surface area contributed by atoms with E-state index in [4.69, 9.17) is 11.5 Å². The fourth-order valence-corrected chi connectivity index (χ4v) is 3.90. The van der Waals surface area contributed by atoms with Crippen LogP contribution in [0.2, 0.25) is 0 Å². The lowest BCUT2D eigenvalue weighted by Crippen LogP contribution is -2.43. The molecule has 4 rings (SSSR count). The second-order valence-corrected chi connectivity index (χ2v) is 7.62. The second-order valence-electron chi connectivity index (χ2n) is 7.62. The lowest BCUT2D eigenvalue weighted by Gasteiger charge is -2.30. The summed E-state index contributed by atoms with van der Waals surface area (Å²) in [7, 11) is 1.84. The van der Waals surface area contributed by atoms with Crippen LogP contribution in [0.15, 0.2) is 30.5 Å². The topological polar surface area (TPSA) is 148 Å². The number of nitrogens with one attached hydrogen (secondary N) is 2. The Kier molecular flexibility index (Phi) is 5.25. The Bertz CT molecular complexity index is 1150. The van der Waals surface area contributed by atoms with E-state index in [1.54, 1.807) is 4.68 Å². The van der Waals surface area contributed by atoms with Crippen LogP contribution in [0.1, 0.15) is 41.6 Å². The number of rotatable bonds is 5. The summed E-state index contributed by atoms with van der Waals surface area (Å²) in [5.74, 6) is 0.0104. The zero-order valence-electron chi connectivity index (χ0n) is 16.7. The van der Waals surface area contributed by atoms with Gasteiger partial charge < -0.3 is 22.1 Å². The maximum absolute atomic E-state index is 12.1. The van der Waals surface area contributed by atoms with Crippen molar-refractivity contribution in [2.45, 2.75) is 37.8 Å². The van der Waals surface area contributed by atoms with Gasteiger partial charge in [0.15, 0.2) is 0 Å². The normalized spacial score (nSPS) is 18.7. The van der Waals surface area contributed by atoms with E-state index in [-0.39, 0.29) is 29.0 Å². The Hall–Kier alpha value is -3.64. The standard InChI is InChI=1S/C21H24N8O/c1-29-11-14-16(7-4-8-17(14)28-29)25-21-13(19(24)30)9-12(10-22)20(27-21)26-18-6-3-2-5-15(18)23/h4,7-9,11,15,18H,2-3,5-6,23H2,1H3,(H2,24,30)(H2,25,26,27). The molecule has 0 radical (unpaired) electrons. The highest BCUT2D eigenvalue weighted by atomic mass is 16.1. The molecule has 1 saturated carbocycles. The largest absolute Gasteiger partial charge is 0.365 e. The third-order valence-electron chi connectivity index (χ3n) is 5.47. The van der Waals surface area contributed by atoms with Gasteiger partial charge in [0.05, 0.1) is 22.3 Å². The van der Waals surface area contributed by atoms with Gasteiger partial charge in [-0.25, -0.2) is 4.98 Å². The molecule has 1 aliphatic rings. The van der Waals surface area contributed by atoms with Crippen LogP contribution in [0, 0.1) is 11.3 Å². The first kappa shape index (κ1) is 19.7. The van der Waals surface area contributed by atoms with E-state index < -0.39 is 5.91 Å². The first-order valence-corrected chi connectivity index (χ1v) is 9.92. The van der Waals surface area contributed by atoms with Crippen molar-refractivity contribution in [1.82, 2.24) is 14.8 Å². The minimum atomic E-state index is -0.666. The van der Waals surface area contributed by atoms with Crippen molar-refractivity contribution in [3.8, 4) is 6.07 Å². The van der Waals surface area contributed by atoms with Crippen molar-refractivity contribution in [3.63, 3.8) is 0 Å². The third kappa shape index (κ3) is 3.77. The molecule has 0 saturated heterocycles. The molecule has 154 valence electrons. The molecule has 2 heterocycles. The third-order valence-corrected chi connectivity index (χ3v) is 5.47. The first-order valence-electron chi connectivity index (χ1n) is 9.92. The summed E-state index contributed by atoms with van der Waals surface area (Å²) in [6, 6.07) is 9.23. The molecule has 3 aromatic rings. The number of carbonyl (C=O) groups excluding carboxylic acids is 1. The van der Waals surface area contributed by atoms with Crippen LogP contribution in [0.4, 0.5) is 17.3 Å². The number of nitrogens with two attached hydrogens (primary N) is 2. The molecule has 2 atom stereocenters. The molecule has 1 aromatic carbocycles. The molecule has 0 bridgehead atoms. The number of anilines is 3. The van der Waals surface area contributed by atoms with Crippen molar-refractivity contribution in [2.75, 3.05) is 10.6 Å². The van der Waals surface area contributed by atoms with Crippen molar-refractivity contribution in [2.24, 2.45) is 18.5 Å². The number of aromatic nitrogens is 3. The van der Waals surface area contributed by atoms with Crippen molar-refractivity contribution >= 4 is 34.1 Å². The monoisotopic (exact) mass is 404 g/mol. The fourth-order valence-electron chi connectivity index (χ4n) is 3.90. The number of primary amides is 1. The van der Waals surface area contributed by atoms with E-state index in [9.17, 15) is 10.1 Å². The zero-order chi connectivity index (χ0) is 21.3. The van der Waals surface area contributed by atoms with Gasteiger partial charge in [-0.2, -0.15) is 10.4 Å². The molecule has 0 spiro atoms. The number of fused-ring (bicyclic) bond motifs is 1. The van der Waals surface area contributed by atoms with Gasteiger partial charge in [0.2, 0.25) is 0 Å². The van der Waals surface area contributed by atoms with E-state index in [1.807, 2.05) is 31.4 Å². The van der Waals surface area contributed by atoms with Gasteiger partial charge in [-0.1, -0.05) is 18.9 Å². The van der Waals surface area contributed by atoms with E-state index in [2.05, 4.69) is 26.8 Å². The first-order chi connectivity index (χ1) is 14.5. The van der Waals surface area contributed by atoms with E-state index in [1.165, 1.54) is 6.07 Å². The summed E-state index contributed by atoms with van der Waals surface area (Å²) < 4.78 is 1.72.